The molecule has 0 atom stereocenters. The zero-order valence-electron chi connectivity index (χ0n) is 12.5. The summed E-state index contributed by atoms with van der Waals surface area (Å²) in [5.74, 6) is 0.197. The second-order valence-corrected chi connectivity index (χ2v) is 7.82. The molecule has 6 nitrogen and oxygen atoms in total. The van der Waals surface area contributed by atoms with Gasteiger partial charge in [-0.3, -0.25) is 4.79 Å². The Morgan fingerprint density at radius 1 is 1.22 bits per heavy atom. The molecule has 23 heavy (non-hydrogen) atoms. The number of aromatic nitrogens is 2. The van der Waals surface area contributed by atoms with Crippen molar-refractivity contribution in [3.8, 4) is 5.69 Å². The van der Waals surface area contributed by atoms with Crippen LogP contribution in [0.3, 0.4) is 0 Å². The maximum atomic E-state index is 12.1. The molecule has 124 valence electrons. The van der Waals surface area contributed by atoms with Crippen molar-refractivity contribution in [3.63, 3.8) is 0 Å². The molecule has 1 N–H and O–H groups in total. The number of halogens is 2. The number of nitrogens with zero attached hydrogens (tertiary/aromatic N) is 2. The van der Waals surface area contributed by atoms with E-state index in [0.29, 0.717) is 12.2 Å². The van der Waals surface area contributed by atoms with E-state index in [4.69, 9.17) is 23.2 Å². The van der Waals surface area contributed by atoms with Crippen LogP contribution in [0.1, 0.15) is 13.8 Å². The van der Waals surface area contributed by atoms with Crippen LogP contribution in [0.2, 0.25) is 10.0 Å². The van der Waals surface area contributed by atoms with Gasteiger partial charge in [0.1, 0.15) is 5.02 Å². The van der Waals surface area contributed by atoms with Gasteiger partial charge in [-0.25, -0.2) is 13.1 Å². The lowest BCUT2D eigenvalue weighted by Gasteiger charge is -2.10. The molecule has 9 heteroatoms. The summed E-state index contributed by atoms with van der Waals surface area (Å²) in [5.41, 5.74) is -0.191. The molecule has 1 aromatic heterocycles. The number of sulfonamides is 1. The van der Waals surface area contributed by atoms with Crippen molar-refractivity contribution in [2.75, 3.05) is 6.54 Å². The number of hydrogen-bond acceptors (Lipinski definition) is 4. The monoisotopic (exact) mass is 375 g/mol. The summed E-state index contributed by atoms with van der Waals surface area (Å²) in [4.78, 5) is 12.1. The zero-order chi connectivity index (χ0) is 17.2. The van der Waals surface area contributed by atoms with Crippen molar-refractivity contribution in [1.82, 2.24) is 14.5 Å². The van der Waals surface area contributed by atoms with Gasteiger partial charge in [-0.1, -0.05) is 37.0 Å². The van der Waals surface area contributed by atoms with E-state index in [0.717, 1.165) is 4.68 Å². The fourth-order valence-corrected chi connectivity index (χ4v) is 3.19. The van der Waals surface area contributed by atoms with Crippen molar-refractivity contribution >= 4 is 33.2 Å². The van der Waals surface area contributed by atoms with Gasteiger partial charge in [-0.2, -0.15) is 9.78 Å². The molecular weight excluding hydrogens is 361 g/mol. The zero-order valence-corrected chi connectivity index (χ0v) is 14.8. The van der Waals surface area contributed by atoms with Crippen molar-refractivity contribution in [2.24, 2.45) is 5.92 Å². The number of nitrogens with one attached hydrogen (secondary N) is 1. The minimum absolute atomic E-state index is 0.0602. The molecule has 0 bridgehead atoms. The lowest BCUT2D eigenvalue weighted by molar-refractivity contribution is 0.560. The third-order valence-electron chi connectivity index (χ3n) is 2.95. The van der Waals surface area contributed by atoms with Crippen LogP contribution < -0.4 is 10.3 Å². The van der Waals surface area contributed by atoms with Gasteiger partial charge < -0.3 is 0 Å². The lowest BCUT2D eigenvalue weighted by atomic mass is 10.2. The smallest absolute Gasteiger partial charge is 0.266 e. The SMILES string of the molecule is CC(C)CNS(=O)(=O)c1ccc(-n2ncc(Cl)c(Cl)c2=O)cc1. The second-order valence-electron chi connectivity index (χ2n) is 5.26. The number of hydrogen-bond donors (Lipinski definition) is 1. The van der Waals surface area contributed by atoms with Crippen LogP contribution in [-0.4, -0.2) is 24.7 Å². The van der Waals surface area contributed by atoms with Gasteiger partial charge in [0.05, 0.1) is 21.8 Å². The number of benzene rings is 1. The predicted molar refractivity (Wildman–Crippen MR) is 89.9 cm³/mol. The fraction of sp³-hybridized carbons (Fsp3) is 0.286. The van der Waals surface area contributed by atoms with E-state index in [2.05, 4.69) is 9.82 Å². The van der Waals surface area contributed by atoms with Crippen LogP contribution in [0.15, 0.2) is 40.2 Å². The molecule has 0 amide bonds. The Labute approximate surface area is 144 Å². The van der Waals surface area contributed by atoms with Crippen LogP contribution in [0, 0.1) is 5.92 Å². The van der Waals surface area contributed by atoms with Crippen LogP contribution in [0.25, 0.3) is 5.69 Å². The van der Waals surface area contributed by atoms with Gasteiger partial charge >= 0.3 is 0 Å². The Balaban J connectivity index is 2.34. The molecule has 0 fully saturated rings. The maximum absolute atomic E-state index is 12.1. The molecule has 0 aliphatic rings. The molecule has 0 radical (unpaired) electrons. The van der Waals surface area contributed by atoms with Gasteiger partial charge in [0.15, 0.2) is 0 Å². The Morgan fingerprint density at radius 2 is 1.83 bits per heavy atom. The maximum Gasteiger partial charge on any atom is 0.291 e. The van der Waals surface area contributed by atoms with Gasteiger partial charge in [0.2, 0.25) is 10.0 Å². The van der Waals surface area contributed by atoms with Crippen molar-refractivity contribution in [3.05, 3.63) is 50.9 Å². The van der Waals surface area contributed by atoms with Gasteiger partial charge in [0, 0.05) is 6.54 Å². The third kappa shape index (κ3) is 4.11. The van der Waals surface area contributed by atoms with Crippen LogP contribution in [0.4, 0.5) is 0 Å². The highest BCUT2D eigenvalue weighted by Gasteiger charge is 2.15. The third-order valence-corrected chi connectivity index (χ3v) is 5.14. The lowest BCUT2D eigenvalue weighted by Crippen LogP contribution is -2.27. The summed E-state index contributed by atoms with van der Waals surface area (Å²) in [5, 5.41) is 3.80. The minimum atomic E-state index is -3.58. The molecule has 0 aliphatic carbocycles. The highest BCUT2D eigenvalue weighted by atomic mass is 35.5. The van der Waals surface area contributed by atoms with Gasteiger partial charge in [0.25, 0.3) is 5.56 Å². The minimum Gasteiger partial charge on any atom is -0.266 e. The summed E-state index contributed by atoms with van der Waals surface area (Å²) in [7, 11) is -3.58. The predicted octanol–water partition coefficient (Wildman–Crippen LogP) is 2.47. The van der Waals surface area contributed by atoms with E-state index in [9.17, 15) is 13.2 Å². The van der Waals surface area contributed by atoms with E-state index in [-0.39, 0.29) is 20.9 Å². The molecule has 2 aromatic rings. The standard InChI is InChI=1S/C14H15Cl2N3O3S/c1-9(2)7-18-23(21,22)11-5-3-10(4-6-11)19-14(20)13(16)12(15)8-17-19/h3-6,8-9,18H,7H2,1-2H3. The Hall–Kier alpha value is -1.41. The number of rotatable bonds is 5. The van der Waals surface area contributed by atoms with E-state index in [1.54, 1.807) is 0 Å². The molecule has 1 heterocycles. The van der Waals surface area contributed by atoms with Gasteiger partial charge in [-0.15, -0.1) is 0 Å². The van der Waals surface area contributed by atoms with Crippen LogP contribution >= 0.6 is 23.2 Å². The summed E-state index contributed by atoms with van der Waals surface area (Å²) >= 11 is 11.5. The Kier molecular flexibility index (Phi) is 5.46. The van der Waals surface area contributed by atoms with E-state index in [1.807, 2.05) is 13.8 Å². The normalized spacial score (nSPS) is 11.9. The molecule has 1 aromatic carbocycles. The Morgan fingerprint density at radius 3 is 2.39 bits per heavy atom. The van der Waals surface area contributed by atoms with E-state index < -0.39 is 15.6 Å². The average molecular weight is 376 g/mol. The van der Waals surface area contributed by atoms with Crippen LogP contribution in [-0.2, 0) is 10.0 Å². The second kappa shape index (κ2) is 7.00. The molecule has 0 unspecified atom stereocenters. The molecule has 0 saturated heterocycles. The molecule has 0 aliphatic heterocycles. The van der Waals surface area contributed by atoms with Crippen molar-refractivity contribution < 1.29 is 8.42 Å². The first-order valence-electron chi connectivity index (χ1n) is 6.76. The topological polar surface area (TPSA) is 81.1 Å². The Bertz CT molecular complexity index is 862. The van der Waals surface area contributed by atoms with E-state index in [1.165, 1.54) is 30.5 Å². The average Bonchev–Trinajstić information content (AvgIpc) is 2.51. The van der Waals surface area contributed by atoms with Crippen molar-refractivity contribution in [1.29, 1.82) is 0 Å². The summed E-state index contributed by atoms with van der Waals surface area (Å²) < 4.78 is 27.8. The molecule has 2 rings (SSSR count). The van der Waals surface area contributed by atoms with Crippen LogP contribution in [0.5, 0.6) is 0 Å². The molecule has 0 spiro atoms. The molecule has 0 saturated carbocycles. The van der Waals surface area contributed by atoms with E-state index >= 15 is 0 Å². The summed E-state index contributed by atoms with van der Waals surface area (Å²) in [6, 6.07) is 5.74. The highest BCUT2D eigenvalue weighted by molar-refractivity contribution is 7.89. The molecular formula is C14H15Cl2N3O3S. The fourth-order valence-electron chi connectivity index (χ4n) is 1.72. The van der Waals surface area contributed by atoms with Crippen molar-refractivity contribution in [2.45, 2.75) is 18.7 Å². The highest BCUT2D eigenvalue weighted by Crippen LogP contribution is 2.17. The first kappa shape index (κ1) is 17.9. The summed E-state index contributed by atoms with van der Waals surface area (Å²) in [6.45, 7) is 4.17. The first-order chi connectivity index (χ1) is 10.7. The summed E-state index contributed by atoms with van der Waals surface area (Å²) in [6.07, 6.45) is 1.25. The van der Waals surface area contributed by atoms with Gasteiger partial charge in [-0.05, 0) is 30.2 Å². The first-order valence-corrected chi connectivity index (χ1v) is 8.99. The quantitative estimate of drug-likeness (QED) is 0.869. The largest absolute Gasteiger partial charge is 0.291 e.